The maximum atomic E-state index is 12.5. The molecule has 1 aromatic carbocycles. The molecule has 1 N–H and O–H groups in total. The number of hydrogen-bond acceptors (Lipinski definition) is 6. The molecule has 1 amide bonds. The number of aromatic nitrogens is 4. The van der Waals surface area contributed by atoms with E-state index in [9.17, 15) is 4.79 Å². The van der Waals surface area contributed by atoms with Crippen LogP contribution in [0.1, 0.15) is 29.8 Å². The van der Waals surface area contributed by atoms with Gasteiger partial charge < -0.3 is 19.5 Å². The van der Waals surface area contributed by atoms with Crippen LogP contribution >= 0.6 is 0 Å². The molecule has 3 aromatic heterocycles. The average molecular weight is 483 g/mol. The molecule has 8 nitrogen and oxygen atoms in total. The SMILES string of the molecule is C=C1CCC(COc2ccnc(-c3ccnc(Nc4ccc5cc(C(=O)N(C)C)n(C)c5c4)n3)c2)C1. The summed E-state index contributed by atoms with van der Waals surface area (Å²) in [5, 5.41) is 4.27. The number of nitrogens with one attached hydrogen (secondary N) is 1. The molecule has 5 rings (SSSR count). The molecule has 1 atom stereocenters. The third-order valence-electron chi connectivity index (χ3n) is 6.55. The Kier molecular flexibility index (Phi) is 6.41. The number of carbonyl (C=O) groups is 1. The van der Waals surface area contributed by atoms with E-state index < -0.39 is 0 Å². The number of nitrogens with zero attached hydrogens (tertiary/aromatic N) is 5. The number of amides is 1. The fraction of sp³-hybridized carbons (Fsp3) is 0.286. The largest absolute Gasteiger partial charge is 0.493 e. The smallest absolute Gasteiger partial charge is 0.269 e. The Balaban J connectivity index is 1.33. The van der Waals surface area contributed by atoms with Gasteiger partial charge in [0, 0.05) is 50.7 Å². The van der Waals surface area contributed by atoms with Crippen molar-refractivity contribution in [2.75, 3.05) is 26.0 Å². The maximum Gasteiger partial charge on any atom is 0.269 e. The lowest BCUT2D eigenvalue weighted by Gasteiger charge is -2.12. The molecule has 0 radical (unpaired) electrons. The van der Waals surface area contributed by atoms with Crippen molar-refractivity contribution in [3.05, 3.63) is 72.7 Å². The summed E-state index contributed by atoms with van der Waals surface area (Å²) in [5.41, 5.74) is 5.14. The van der Waals surface area contributed by atoms with Crippen molar-refractivity contribution in [2.45, 2.75) is 19.3 Å². The zero-order valence-corrected chi connectivity index (χ0v) is 20.9. The lowest BCUT2D eigenvalue weighted by Crippen LogP contribution is -2.23. The van der Waals surface area contributed by atoms with E-state index in [1.165, 1.54) is 5.57 Å². The highest BCUT2D eigenvalue weighted by molar-refractivity contribution is 5.99. The van der Waals surface area contributed by atoms with Gasteiger partial charge in [0.15, 0.2) is 0 Å². The highest BCUT2D eigenvalue weighted by Crippen LogP contribution is 2.30. The van der Waals surface area contributed by atoms with Gasteiger partial charge in [0.1, 0.15) is 11.4 Å². The van der Waals surface area contributed by atoms with Gasteiger partial charge in [0.25, 0.3) is 5.91 Å². The summed E-state index contributed by atoms with van der Waals surface area (Å²) in [7, 11) is 5.39. The van der Waals surface area contributed by atoms with E-state index in [2.05, 4.69) is 26.8 Å². The Morgan fingerprint density at radius 1 is 1.14 bits per heavy atom. The number of rotatable bonds is 7. The van der Waals surface area contributed by atoms with Crippen LogP contribution in [0, 0.1) is 5.92 Å². The van der Waals surface area contributed by atoms with Crippen molar-refractivity contribution >= 4 is 28.4 Å². The van der Waals surface area contributed by atoms with Crippen LogP contribution in [0.15, 0.2) is 67.0 Å². The van der Waals surface area contributed by atoms with E-state index in [0.29, 0.717) is 29.9 Å². The minimum absolute atomic E-state index is 0.0355. The summed E-state index contributed by atoms with van der Waals surface area (Å²) in [6.45, 7) is 4.77. The first-order valence-electron chi connectivity index (χ1n) is 12.0. The number of aryl methyl sites for hydroxylation is 1. The molecule has 1 saturated carbocycles. The minimum Gasteiger partial charge on any atom is -0.493 e. The van der Waals surface area contributed by atoms with Crippen LogP contribution in [0.5, 0.6) is 5.75 Å². The predicted octanol–water partition coefficient (Wildman–Crippen LogP) is 5.21. The second kappa shape index (κ2) is 9.81. The first kappa shape index (κ1) is 23.5. The van der Waals surface area contributed by atoms with Crippen LogP contribution in [-0.2, 0) is 7.05 Å². The minimum atomic E-state index is -0.0355. The van der Waals surface area contributed by atoms with Crippen molar-refractivity contribution < 1.29 is 9.53 Å². The average Bonchev–Trinajstić information content (AvgIpc) is 3.45. The number of anilines is 2. The molecular formula is C28H30N6O2. The van der Waals surface area contributed by atoms with Crippen LogP contribution in [0.4, 0.5) is 11.6 Å². The molecule has 0 bridgehead atoms. The highest BCUT2D eigenvalue weighted by atomic mass is 16.5. The van der Waals surface area contributed by atoms with Crippen molar-refractivity contribution in [3.63, 3.8) is 0 Å². The van der Waals surface area contributed by atoms with E-state index in [-0.39, 0.29) is 5.91 Å². The number of carbonyl (C=O) groups excluding carboxylic acids is 1. The molecule has 0 saturated heterocycles. The molecule has 1 aliphatic rings. The molecule has 184 valence electrons. The second-order valence-corrected chi connectivity index (χ2v) is 9.50. The summed E-state index contributed by atoms with van der Waals surface area (Å²) in [6, 6.07) is 13.4. The third kappa shape index (κ3) is 4.93. The Hall–Kier alpha value is -4.20. The molecular weight excluding hydrogens is 452 g/mol. The van der Waals surface area contributed by atoms with E-state index in [1.54, 1.807) is 31.4 Å². The van der Waals surface area contributed by atoms with E-state index in [0.717, 1.165) is 47.3 Å². The van der Waals surface area contributed by atoms with Gasteiger partial charge in [-0.3, -0.25) is 9.78 Å². The maximum absolute atomic E-state index is 12.5. The lowest BCUT2D eigenvalue weighted by atomic mass is 10.1. The standard InChI is InChI=1S/C28H30N6O2/c1-18-5-6-19(13-18)17-36-22-9-11-29-24(16-22)23-10-12-30-28(32-23)31-21-8-7-20-14-26(27(35)33(2)3)34(4)25(20)15-21/h7-12,14-16,19H,1,5-6,13,17H2,2-4H3,(H,30,31,32). The van der Waals surface area contributed by atoms with Crippen LogP contribution in [0.3, 0.4) is 0 Å². The normalized spacial score (nSPS) is 15.3. The number of ether oxygens (including phenoxy) is 1. The van der Waals surface area contributed by atoms with E-state index in [4.69, 9.17) is 4.74 Å². The van der Waals surface area contributed by atoms with E-state index in [1.807, 2.05) is 54.1 Å². The molecule has 36 heavy (non-hydrogen) atoms. The fourth-order valence-corrected chi connectivity index (χ4v) is 4.55. The molecule has 0 spiro atoms. The first-order valence-corrected chi connectivity index (χ1v) is 12.0. The second-order valence-electron chi connectivity index (χ2n) is 9.50. The zero-order chi connectivity index (χ0) is 25.2. The van der Waals surface area contributed by atoms with Gasteiger partial charge in [0.05, 0.1) is 23.5 Å². The first-order chi connectivity index (χ1) is 17.4. The van der Waals surface area contributed by atoms with Gasteiger partial charge in [0.2, 0.25) is 5.95 Å². The summed E-state index contributed by atoms with van der Waals surface area (Å²) >= 11 is 0. The number of benzene rings is 1. The summed E-state index contributed by atoms with van der Waals surface area (Å²) in [4.78, 5) is 27.6. The summed E-state index contributed by atoms with van der Waals surface area (Å²) in [5.74, 6) is 1.74. The zero-order valence-electron chi connectivity index (χ0n) is 20.9. The van der Waals surface area contributed by atoms with Gasteiger partial charge in [-0.25, -0.2) is 9.97 Å². The quantitative estimate of drug-likeness (QED) is 0.364. The topological polar surface area (TPSA) is 85.2 Å². The lowest BCUT2D eigenvalue weighted by molar-refractivity contribution is 0.0819. The predicted molar refractivity (Wildman–Crippen MR) is 141 cm³/mol. The number of fused-ring (bicyclic) bond motifs is 1. The Morgan fingerprint density at radius 2 is 1.97 bits per heavy atom. The third-order valence-corrected chi connectivity index (χ3v) is 6.55. The summed E-state index contributed by atoms with van der Waals surface area (Å²) in [6.07, 6.45) is 6.72. The molecule has 1 unspecified atom stereocenters. The van der Waals surface area contributed by atoms with Gasteiger partial charge in [-0.2, -0.15) is 0 Å². The molecule has 3 heterocycles. The van der Waals surface area contributed by atoms with Crippen molar-refractivity contribution in [2.24, 2.45) is 13.0 Å². The van der Waals surface area contributed by atoms with Crippen molar-refractivity contribution in [1.82, 2.24) is 24.4 Å². The Labute approximate surface area is 210 Å². The van der Waals surface area contributed by atoms with Gasteiger partial charge in [-0.15, -0.1) is 0 Å². The van der Waals surface area contributed by atoms with Crippen LogP contribution in [-0.4, -0.2) is 51.0 Å². The van der Waals surface area contributed by atoms with E-state index >= 15 is 0 Å². The van der Waals surface area contributed by atoms with Crippen molar-refractivity contribution in [1.29, 1.82) is 0 Å². The Bertz CT molecular complexity index is 1440. The van der Waals surface area contributed by atoms with Gasteiger partial charge >= 0.3 is 0 Å². The number of hydrogen-bond donors (Lipinski definition) is 1. The molecule has 1 aliphatic carbocycles. The number of allylic oxidation sites excluding steroid dienone is 1. The van der Waals surface area contributed by atoms with Crippen LogP contribution in [0.25, 0.3) is 22.3 Å². The fourth-order valence-electron chi connectivity index (χ4n) is 4.55. The Morgan fingerprint density at radius 3 is 2.75 bits per heavy atom. The molecule has 8 heteroatoms. The van der Waals surface area contributed by atoms with Gasteiger partial charge in [-0.1, -0.05) is 18.2 Å². The molecule has 4 aromatic rings. The van der Waals surface area contributed by atoms with Crippen LogP contribution < -0.4 is 10.1 Å². The molecule has 1 fully saturated rings. The summed E-state index contributed by atoms with van der Waals surface area (Å²) < 4.78 is 7.94. The van der Waals surface area contributed by atoms with Crippen LogP contribution in [0.2, 0.25) is 0 Å². The number of pyridine rings is 1. The van der Waals surface area contributed by atoms with Gasteiger partial charge in [-0.05, 0) is 55.5 Å². The monoisotopic (exact) mass is 482 g/mol. The highest BCUT2D eigenvalue weighted by Gasteiger charge is 2.19. The van der Waals surface area contributed by atoms with Crippen molar-refractivity contribution in [3.8, 4) is 17.1 Å². The molecule has 0 aliphatic heterocycles.